The van der Waals surface area contributed by atoms with Gasteiger partial charge in [0.1, 0.15) is 12.2 Å². The number of carbonyl (C=O) groups excluding carboxylic acids is 1. The van der Waals surface area contributed by atoms with Crippen molar-refractivity contribution in [3.63, 3.8) is 0 Å². The summed E-state index contributed by atoms with van der Waals surface area (Å²) in [4.78, 5) is 15.8. The lowest BCUT2D eigenvalue weighted by molar-refractivity contribution is -0.123. The van der Waals surface area contributed by atoms with E-state index in [1.807, 2.05) is 6.92 Å². The van der Waals surface area contributed by atoms with Crippen molar-refractivity contribution in [2.45, 2.75) is 47.1 Å². The monoisotopic (exact) mass is 238 g/mol. The van der Waals surface area contributed by atoms with Gasteiger partial charge in [0.05, 0.1) is 6.04 Å². The molecule has 5 nitrogen and oxygen atoms in total. The number of hydrogen-bond donors (Lipinski definition) is 2. The van der Waals surface area contributed by atoms with Crippen LogP contribution in [0.3, 0.4) is 0 Å². The lowest BCUT2D eigenvalue weighted by Gasteiger charge is -2.27. The summed E-state index contributed by atoms with van der Waals surface area (Å²) in [6, 6.07) is -0.128. The molecule has 0 radical (unpaired) electrons. The number of aromatic amines is 1. The molecule has 5 heteroatoms. The fraction of sp³-hybridized carbons (Fsp3) is 0.750. The zero-order valence-corrected chi connectivity index (χ0v) is 11.2. The van der Waals surface area contributed by atoms with Crippen molar-refractivity contribution >= 4 is 5.91 Å². The van der Waals surface area contributed by atoms with Crippen LogP contribution in [-0.4, -0.2) is 21.1 Å². The molecule has 1 aromatic heterocycles. The number of nitrogens with zero attached hydrogens (tertiary/aromatic N) is 2. The van der Waals surface area contributed by atoms with Crippen molar-refractivity contribution < 1.29 is 4.79 Å². The van der Waals surface area contributed by atoms with Gasteiger partial charge in [-0.1, -0.05) is 27.7 Å². The Morgan fingerprint density at radius 1 is 1.47 bits per heavy atom. The minimum absolute atomic E-state index is 0.0522. The van der Waals surface area contributed by atoms with Gasteiger partial charge in [0.25, 0.3) is 0 Å². The highest BCUT2D eigenvalue weighted by molar-refractivity contribution is 5.76. The third kappa shape index (κ3) is 4.17. The maximum atomic E-state index is 11.8. The Bertz CT molecular complexity index is 353. The van der Waals surface area contributed by atoms with Crippen LogP contribution in [0.4, 0.5) is 0 Å². The van der Waals surface area contributed by atoms with Crippen molar-refractivity contribution in [1.29, 1.82) is 0 Å². The van der Waals surface area contributed by atoms with E-state index in [1.165, 1.54) is 6.33 Å². The molecule has 0 aliphatic heterocycles. The summed E-state index contributed by atoms with van der Waals surface area (Å²) in [6.07, 6.45) is 1.97. The fourth-order valence-electron chi connectivity index (χ4n) is 1.38. The highest BCUT2D eigenvalue weighted by Gasteiger charge is 2.23. The van der Waals surface area contributed by atoms with Crippen LogP contribution < -0.4 is 5.32 Å². The molecule has 2 N–H and O–H groups in total. The Labute approximate surface area is 102 Å². The highest BCUT2D eigenvalue weighted by atomic mass is 16.1. The van der Waals surface area contributed by atoms with Gasteiger partial charge in [-0.2, -0.15) is 5.10 Å². The van der Waals surface area contributed by atoms with Crippen LogP contribution in [0.1, 0.15) is 52.9 Å². The van der Waals surface area contributed by atoms with Crippen molar-refractivity contribution in [1.82, 2.24) is 20.5 Å². The minimum atomic E-state index is -0.128. The number of aromatic nitrogens is 3. The number of hydrogen-bond acceptors (Lipinski definition) is 3. The second kappa shape index (κ2) is 5.29. The minimum Gasteiger partial charge on any atom is -0.346 e. The van der Waals surface area contributed by atoms with E-state index >= 15 is 0 Å². The average molecular weight is 238 g/mol. The molecule has 0 aromatic carbocycles. The zero-order valence-electron chi connectivity index (χ0n) is 11.2. The molecule has 0 aliphatic rings. The molecule has 96 valence electrons. The van der Waals surface area contributed by atoms with Crippen molar-refractivity contribution in [3.8, 4) is 0 Å². The molecular weight excluding hydrogens is 216 g/mol. The van der Waals surface area contributed by atoms with E-state index in [9.17, 15) is 4.79 Å². The van der Waals surface area contributed by atoms with Crippen LogP contribution in [0, 0.1) is 11.3 Å². The average Bonchev–Trinajstić information content (AvgIpc) is 2.68. The van der Waals surface area contributed by atoms with Gasteiger partial charge >= 0.3 is 0 Å². The maximum absolute atomic E-state index is 11.8. The van der Waals surface area contributed by atoms with Crippen LogP contribution in [0.15, 0.2) is 6.33 Å². The molecule has 1 rings (SSSR count). The standard InChI is InChI=1S/C12H22N4O/c1-8(12(3,4)5)6-10(17)15-9(2)11-13-7-14-16-11/h7-9H,6H2,1-5H3,(H,15,17)(H,13,14,16). The Hall–Kier alpha value is -1.39. The third-order valence-electron chi connectivity index (χ3n) is 3.19. The van der Waals surface area contributed by atoms with E-state index in [1.54, 1.807) is 0 Å². The molecule has 0 bridgehead atoms. The first kappa shape index (κ1) is 13.7. The molecule has 2 atom stereocenters. The summed E-state index contributed by atoms with van der Waals surface area (Å²) in [5, 5.41) is 9.43. The lowest BCUT2D eigenvalue weighted by atomic mass is 9.80. The van der Waals surface area contributed by atoms with E-state index in [2.05, 4.69) is 48.2 Å². The Kier molecular flexibility index (Phi) is 4.26. The molecule has 0 spiro atoms. The maximum Gasteiger partial charge on any atom is 0.220 e. The predicted octanol–water partition coefficient (Wildman–Crippen LogP) is 2.05. The molecule has 17 heavy (non-hydrogen) atoms. The van der Waals surface area contributed by atoms with Gasteiger partial charge < -0.3 is 5.32 Å². The van der Waals surface area contributed by atoms with Gasteiger partial charge in [0, 0.05) is 6.42 Å². The van der Waals surface area contributed by atoms with Crippen LogP contribution in [0.5, 0.6) is 0 Å². The van der Waals surface area contributed by atoms with Crippen LogP contribution >= 0.6 is 0 Å². The smallest absolute Gasteiger partial charge is 0.220 e. The molecule has 0 saturated carbocycles. The van der Waals surface area contributed by atoms with E-state index < -0.39 is 0 Å². The number of rotatable bonds is 4. The number of carbonyl (C=O) groups is 1. The second-order valence-electron chi connectivity index (χ2n) is 5.63. The van der Waals surface area contributed by atoms with Gasteiger partial charge in [-0.25, -0.2) is 4.98 Å². The number of nitrogens with one attached hydrogen (secondary N) is 2. The fourth-order valence-corrected chi connectivity index (χ4v) is 1.38. The second-order valence-corrected chi connectivity index (χ2v) is 5.63. The molecule has 0 saturated heterocycles. The van der Waals surface area contributed by atoms with Gasteiger partial charge in [0.2, 0.25) is 5.91 Å². The first-order valence-corrected chi connectivity index (χ1v) is 5.95. The van der Waals surface area contributed by atoms with Crippen LogP contribution in [-0.2, 0) is 4.79 Å². The van der Waals surface area contributed by atoms with Crippen LogP contribution in [0.2, 0.25) is 0 Å². The quantitative estimate of drug-likeness (QED) is 0.843. The predicted molar refractivity (Wildman–Crippen MR) is 66.2 cm³/mol. The van der Waals surface area contributed by atoms with E-state index in [-0.39, 0.29) is 17.4 Å². The molecule has 0 fully saturated rings. The Morgan fingerprint density at radius 2 is 2.12 bits per heavy atom. The van der Waals surface area contributed by atoms with E-state index in [0.29, 0.717) is 18.2 Å². The lowest BCUT2D eigenvalue weighted by Crippen LogP contribution is -2.31. The Morgan fingerprint density at radius 3 is 2.59 bits per heavy atom. The third-order valence-corrected chi connectivity index (χ3v) is 3.19. The molecule has 1 heterocycles. The largest absolute Gasteiger partial charge is 0.346 e. The van der Waals surface area contributed by atoms with Crippen molar-refractivity contribution in [2.24, 2.45) is 11.3 Å². The van der Waals surface area contributed by atoms with Crippen molar-refractivity contribution in [2.75, 3.05) is 0 Å². The topological polar surface area (TPSA) is 70.7 Å². The van der Waals surface area contributed by atoms with Crippen LogP contribution in [0.25, 0.3) is 0 Å². The molecule has 1 amide bonds. The highest BCUT2D eigenvalue weighted by Crippen LogP contribution is 2.27. The molecular formula is C12H22N4O. The number of H-pyrrole nitrogens is 1. The normalized spacial score (nSPS) is 15.4. The first-order chi connectivity index (χ1) is 7.80. The molecule has 1 aromatic rings. The number of amides is 1. The van der Waals surface area contributed by atoms with Gasteiger partial charge in [-0.05, 0) is 18.3 Å². The summed E-state index contributed by atoms with van der Waals surface area (Å²) < 4.78 is 0. The summed E-state index contributed by atoms with van der Waals surface area (Å²) in [5.41, 5.74) is 0.146. The summed E-state index contributed by atoms with van der Waals surface area (Å²) in [5.74, 6) is 1.07. The van der Waals surface area contributed by atoms with Gasteiger partial charge in [-0.15, -0.1) is 0 Å². The van der Waals surface area contributed by atoms with Gasteiger partial charge in [0.15, 0.2) is 0 Å². The van der Waals surface area contributed by atoms with Crippen molar-refractivity contribution in [3.05, 3.63) is 12.2 Å². The Balaban J connectivity index is 2.45. The van der Waals surface area contributed by atoms with E-state index in [4.69, 9.17) is 0 Å². The SMILES string of the molecule is CC(NC(=O)CC(C)C(C)(C)C)c1ncn[nH]1. The van der Waals surface area contributed by atoms with E-state index in [0.717, 1.165) is 0 Å². The zero-order chi connectivity index (χ0) is 13.1. The summed E-state index contributed by atoms with van der Waals surface area (Å²) >= 11 is 0. The van der Waals surface area contributed by atoms with Gasteiger partial charge in [-0.3, -0.25) is 9.89 Å². The molecule has 2 unspecified atom stereocenters. The summed E-state index contributed by atoms with van der Waals surface area (Å²) in [7, 11) is 0. The molecule has 0 aliphatic carbocycles. The summed E-state index contributed by atoms with van der Waals surface area (Å²) in [6.45, 7) is 10.4. The first-order valence-electron chi connectivity index (χ1n) is 5.95.